The summed E-state index contributed by atoms with van der Waals surface area (Å²) in [5.41, 5.74) is 2.87. The molecule has 4 rings (SSSR count). The number of anilines is 2. The molecule has 8 heteroatoms. The molecule has 0 bridgehead atoms. The van der Waals surface area contributed by atoms with Crippen molar-refractivity contribution in [3.05, 3.63) is 58.8 Å². The van der Waals surface area contributed by atoms with Gasteiger partial charge in [-0.2, -0.15) is 0 Å². The summed E-state index contributed by atoms with van der Waals surface area (Å²) in [6, 6.07) is 11.9. The highest BCUT2D eigenvalue weighted by Gasteiger charge is 2.17. The highest BCUT2D eigenvalue weighted by atomic mass is 19.1. The minimum Gasteiger partial charge on any atom is -0.408 e. The van der Waals surface area contributed by atoms with Crippen molar-refractivity contribution in [2.75, 3.05) is 49.7 Å². The Kier molecular flexibility index (Phi) is 6.06. The summed E-state index contributed by atoms with van der Waals surface area (Å²) in [5, 5.41) is 10.5. The molecular formula is C22H27FN4O3. The van der Waals surface area contributed by atoms with Crippen molar-refractivity contribution < 1.29 is 14.0 Å². The lowest BCUT2D eigenvalue weighted by molar-refractivity contribution is 0.251. The first-order chi connectivity index (χ1) is 14.5. The lowest BCUT2D eigenvalue weighted by atomic mass is 10.2. The van der Waals surface area contributed by atoms with Crippen LogP contribution in [0.4, 0.5) is 15.8 Å². The third kappa shape index (κ3) is 4.49. The van der Waals surface area contributed by atoms with E-state index in [9.17, 15) is 14.4 Å². The lowest BCUT2D eigenvalue weighted by Gasteiger charge is -2.36. The molecule has 2 heterocycles. The van der Waals surface area contributed by atoms with Crippen molar-refractivity contribution in [2.45, 2.75) is 19.4 Å². The van der Waals surface area contributed by atoms with Gasteiger partial charge in [-0.05, 0) is 55.8 Å². The van der Waals surface area contributed by atoms with Gasteiger partial charge < -0.3 is 9.32 Å². The number of aromatic nitrogens is 1. The molecule has 1 N–H and O–H groups in total. The number of hydrogen-bond acceptors (Lipinski definition) is 6. The Morgan fingerprint density at radius 1 is 1.03 bits per heavy atom. The third-order valence-electron chi connectivity index (χ3n) is 5.70. The van der Waals surface area contributed by atoms with E-state index in [1.54, 1.807) is 22.8 Å². The number of nitrogens with zero attached hydrogens (tertiary/aromatic N) is 4. The second-order valence-electron chi connectivity index (χ2n) is 7.71. The van der Waals surface area contributed by atoms with Crippen LogP contribution in [0.25, 0.3) is 11.1 Å². The van der Waals surface area contributed by atoms with Crippen LogP contribution in [-0.2, 0) is 6.54 Å². The van der Waals surface area contributed by atoms with E-state index < -0.39 is 0 Å². The molecule has 0 amide bonds. The maximum atomic E-state index is 13.1. The van der Waals surface area contributed by atoms with Crippen LogP contribution in [0.5, 0.6) is 0 Å². The number of piperazine rings is 1. The number of oxazole rings is 1. The molecule has 30 heavy (non-hydrogen) atoms. The molecule has 1 aliphatic heterocycles. The molecule has 0 spiro atoms. The first-order valence-corrected chi connectivity index (χ1v) is 10.3. The van der Waals surface area contributed by atoms with Gasteiger partial charge >= 0.3 is 5.76 Å². The normalized spacial score (nSPS) is 15.1. The predicted molar refractivity (Wildman–Crippen MR) is 115 cm³/mol. The van der Waals surface area contributed by atoms with Gasteiger partial charge in [-0.1, -0.05) is 0 Å². The highest BCUT2D eigenvalue weighted by Crippen LogP contribution is 2.21. The second-order valence-corrected chi connectivity index (χ2v) is 7.71. The van der Waals surface area contributed by atoms with Crippen LogP contribution < -0.4 is 15.7 Å². The van der Waals surface area contributed by atoms with E-state index in [4.69, 9.17) is 4.42 Å². The Labute approximate surface area is 174 Å². The number of aryl methyl sites for hydroxylation is 1. The number of hydrogen-bond donors (Lipinski definition) is 1. The molecule has 0 atom stereocenters. The molecule has 160 valence electrons. The van der Waals surface area contributed by atoms with Crippen LogP contribution >= 0.6 is 0 Å². The van der Waals surface area contributed by atoms with Crippen LogP contribution in [0.3, 0.4) is 0 Å². The maximum absolute atomic E-state index is 13.1. The summed E-state index contributed by atoms with van der Waals surface area (Å²) in [4.78, 5) is 16.9. The number of hydroxylamine groups is 1. The summed E-state index contributed by atoms with van der Waals surface area (Å²) in [6.07, 6.45) is 1.88. The summed E-state index contributed by atoms with van der Waals surface area (Å²) in [7, 11) is 1.52. The van der Waals surface area contributed by atoms with Crippen LogP contribution in [0.1, 0.15) is 12.8 Å². The zero-order valence-electron chi connectivity index (χ0n) is 17.1. The van der Waals surface area contributed by atoms with Crippen molar-refractivity contribution in [2.24, 2.45) is 0 Å². The minimum absolute atomic E-state index is 0.205. The van der Waals surface area contributed by atoms with Crippen molar-refractivity contribution in [3.63, 3.8) is 0 Å². The Morgan fingerprint density at radius 2 is 1.73 bits per heavy atom. The Bertz CT molecular complexity index is 1040. The summed E-state index contributed by atoms with van der Waals surface area (Å²) in [5.74, 6) is -0.571. The molecule has 0 saturated carbocycles. The Balaban J connectivity index is 1.25. The summed E-state index contributed by atoms with van der Waals surface area (Å²) < 4.78 is 20.1. The van der Waals surface area contributed by atoms with Crippen molar-refractivity contribution in [1.29, 1.82) is 0 Å². The number of fused-ring (bicyclic) bond motifs is 1. The van der Waals surface area contributed by atoms with Crippen LogP contribution in [-0.4, -0.2) is 54.4 Å². The maximum Gasteiger partial charge on any atom is 0.419 e. The molecule has 3 aromatic rings. The number of benzene rings is 2. The quantitative estimate of drug-likeness (QED) is 0.473. The average Bonchev–Trinajstić information content (AvgIpc) is 3.06. The minimum atomic E-state index is -0.365. The Hall–Kier alpha value is -2.84. The zero-order valence-corrected chi connectivity index (χ0v) is 17.1. The topological polar surface area (TPSA) is 65.1 Å². The molecule has 1 fully saturated rings. The zero-order chi connectivity index (χ0) is 21.1. The molecule has 2 aromatic carbocycles. The van der Waals surface area contributed by atoms with Gasteiger partial charge in [-0.3, -0.25) is 19.7 Å². The first kappa shape index (κ1) is 20.4. The number of halogens is 1. The van der Waals surface area contributed by atoms with Gasteiger partial charge in [0.05, 0.1) is 11.2 Å². The van der Waals surface area contributed by atoms with Crippen molar-refractivity contribution in [3.8, 4) is 0 Å². The molecule has 1 saturated heterocycles. The van der Waals surface area contributed by atoms with E-state index in [1.165, 1.54) is 19.2 Å². The molecule has 1 aliphatic rings. The third-order valence-corrected chi connectivity index (χ3v) is 5.70. The first-order valence-electron chi connectivity index (χ1n) is 10.3. The van der Waals surface area contributed by atoms with Gasteiger partial charge in [-0.15, -0.1) is 0 Å². The predicted octanol–water partition coefficient (Wildman–Crippen LogP) is 3.16. The SMILES string of the molecule is CN(O)c1ccc2c(c1)oc(=O)n2CCCCN1CCN(c2ccc(F)cc2)CC1. The fourth-order valence-electron chi connectivity index (χ4n) is 3.95. The van der Waals surface area contributed by atoms with Crippen LogP contribution in [0.15, 0.2) is 51.7 Å². The average molecular weight is 414 g/mol. The second kappa shape index (κ2) is 8.89. The largest absolute Gasteiger partial charge is 0.419 e. The van der Waals surface area contributed by atoms with E-state index in [0.29, 0.717) is 17.8 Å². The molecule has 7 nitrogen and oxygen atoms in total. The molecule has 0 unspecified atom stereocenters. The van der Waals surface area contributed by atoms with Gasteiger partial charge in [0.1, 0.15) is 5.82 Å². The molecule has 0 aliphatic carbocycles. The fourth-order valence-corrected chi connectivity index (χ4v) is 3.95. The van der Waals surface area contributed by atoms with Crippen LogP contribution in [0.2, 0.25) is 0 Å². The number of rotatable bonds is 7. The van der Waals surface area contributed by atoms with Crippen molar-refractivity contribution in [1.82, 2.24) is 9.47 Å². The molecule has 1 aromatic heterocycles. The van der Waals surface area contributed by atoms with Gasteiger partial charge in [-0.25, -0.2) is 9.18 Å². The van der Waals surface area contributed by atoms with Crippen LogP contribution in [0, 0.1) is 5.82 Å². The van der Waals surface area contributed by atoms with Gasteiger partial charge in [0.25, 0.3) is 0 Å². The number of unbranched alkanes of at least 4 members (excludes halogenated alkanes) is 1. The summed E-state index contributed by atoms with van der Waals surface area (Å²) >= 11 is 0. The van der Waals surface area contributed by atoms with E-state index in [2.05, 4.69) is 9.80 Å². The Morgan fingerprint density at radius 3 is 2.43 bits per heavy atom. The smallest absolute Gasteiger partial charge is 0.408 e. The van der Waals surface area contributed by atoms with Crippen molar-refractivity contribution >= 4 is 22.5 Å². The van der Waals surface area contributed by atoms with E-state index >= 15 is 0 Å². The van der Waals surface area contributed by atoms with Gasteiger partial charge in [0, 0.05) is 51.5 Å². The van der Waals surface area contributed by atoms with E-state index in [1.807, 2.05) is 12.1 Å². The fraction of sp³-hybridized carbons (Fsp3) is 0.409. The molecule has 0 radical (unpaired) electrons. The summed E-state index contributed by atoms with van der Waals surface area (Å²) in [6.45, 7) is 5.40. The van der Waals surface area contributed by atoms with Gasteiger partial charge in [0.2, 0.25) is 0 Å². The van der Waals surface area contributed by atoms with E-state index in [-0.39, 0.29) is 11.6 Å². The van der Waals surface area contributed by atoms with E-state index in [0.717, 1.165) is 61.8 Å². The monoisotopic (exact) mass is 414 g/mol. The van der Waals surface area contributed by atoms with Gasteiger partial charge in [0.15, 0.2) is 5.58 Å². The lowest BCUT2D eigenvalue weighted by Crippen LogP contribution is -2.46. The molecular weight excluding hydrogens is 387 g/mol. The highest BCUT2D eigenvalue weighted by molar-refractivity contribution is 5.77. The standard InChI is InChI=1S/C22H27FN4O3/c1-24(29)19-8-9-20-21(16-19)30-22(28)27(20)11-3-2-10-25-12-14-26(15-13-25)18-6-4-17(23)5-7-18/h4-9,16,29H,2-3,10-15H2,1H3.